The predicted molar refractivity (Wildman–Crippen MR) is 82.0 cm³/mol. The van der Waals surface area contributed by atoms with Crippen LogP contribution < -0.4 is 20.5 Å². The number of ether oxygens (including phenoxy) is 2. The zero-order chi connectivity index (χ0) is 13.9. The lowest BCUT2D eigenvalue weighted by Crippen LogP contribution is -2.54. The fraction of sp³-hybridized carbons (Fsp3) is 0.533. The molecule has 2 aliphatic rings. The molecule has 0 radical (unpaired) electrons. The maximum atomic E-state index is 12.3. The monoisotopic (exact) mass is 312 g/mol. The van der Waals surface area contributed by atoms with Gasteiger partial charge in [0.15, 0.2) is 11.5 Å². The molecule has 1 aliphatic carbocycles. The number of halogens is 1. The van der Waals surface area contributed by atoms with Gasteiger partial charge in [0.2, 0.25) is 6.10 Å². The van der Waals surface area contributed by atoms with E-state index in [9.17, 15) is 4.79 Å². The minimum atomic E-state index is -0.598. The molecule has 0 bridgehead atoms. The van der Waals surface area contributed by atoms with Crippen LogP contribution in [0.2, 0.25) is 0 Å². The van der Waals surface area contributed by atoms with Gasteiger partial charge in [-0.15, -0.1) is 12.4 Å². The summed E-state index contributed by atoms with van der Waals surface area (Å²) < 4.78 is 11.2. The summed E-state index contributed by atoms with van der Waals surface area (Å²) in [5.41, 5.74) is 6.05. The Bertz CT molecular complexity index is 498. The van der Waals surface area contributed by atoms with Crippen molar-refractivity contribution < 1.29 is 14.3 Å². The number of nitrogens with one attached hydrogen (secondary N) is 1. The standard InChI is InChI=1S/C15H20N2O3.ClH/c16-10-5-1-2-6-11(10)17-15(18)14-9-19-12-7-3-4-8-13(12)20-14;/h3-4,7-8,10-11,14H,1-2,5-6,9,16H2,(H,17,18);1H. The normalized spacial score (nSPS) is 27.4. The van der Waals surface area contributed by atoms with E-state index in [0.29, 0.717) is 11.5 Å². The highest BCUT2D eigenvalue weighted by molar-refractivity contribution is 5.85. The van der Waals surface area contributed by atoms with Crippen molar-refractivity contribution in [2.24, 2.45) is 5.73 Å². The fourth-order valence-corrected chi connectivity index (χ4v) is 2.76. The molecule has 3 unspecified atom stereocenters. The molecule has 0 aromatic heterocycles. The lowest BCUT2D eigenvalue weighted by Gasteiger charge is -2.32. The third kappa shape index (κ3) is 3.60. The fourth-order valence-electron chi connectivity index (χ4n) is 2.76. The molecule has 21 heavy (non-hydrogen) atoms. The average molecular weight is 313 g/mol. The van der Waals surface area contributed by atoms with Crippen LogP contribution in [0.25, 0.3) is 0 Å². The van der Waals surface area contributed by atoms with Crippen LogP contribution in [0.3, 0.4) is 0 Å². The second kappa shape index (κ2) is 7.00. The van der Waals surface area contributed by atoms with Gasteiger partial charge in [0.25, 0.3) is 5.91 Å². The van der Waals surface area contributed by atoms with Gasteiger partial charge in [-0.3, -0.25) is 4.79 Å². The Labute approximate surface area is 130 Å². The molecule has 1 amide bonds. The molecule has 1 heterocycles. The summed E-state index contributed by atoms with van der Waals surface area (Å²) in [6, 6.07) is 7.48. The zero-order valence-electron chi connectivity index (χ0n) is 11.8. The SMILES string of the molecule is Cl.NC1CCCCC1NC(=O)C1COc2ccccc2O1. The van der Waals surface area contributed by atoms with Crippen LogP contribution in [0.1, 0.15) is 25.7 Å². The Morgan fingerprint density at radius 1 is 1.19 bits per heavy atom. The lowest BCUT2D eigenvalue weighted by atomic mass is 9.91. The number of para-hydroxylation sites is 2. The van der Waals surface area contributed by atoms with Crippen molar-refractivity contribution in [3.05, 3.63) is 24.3 Å². The topological polar surface area (TPSA) is 73.6 Å². The lowest BCUT2D eigenvalue weighted by molar-refractivity contribution is -0.131. The molecule has 0 saturated heterocycles. The molecule has 1 aromatic rings. The minimum absolute atomic E-state index is 0. The van der Waals surface area contributed by atoms with Crippen molar-refractivity contribution in [1.29, 1.82) is 0 Å². The number of nitrogens with two attached hydrogens (primary N) is 1. The van der Waals surface area contributed by atoms with Crippen molar-refractivity contribution >= 4 is 18.3 Å². The predicted octanol–water partition coefficient (Wildman–Crippen LogP) is 1.63. The van der Waals surface area contributed by atoms with Crippen molar-refractivity contribution in [2.45, 2.75) is 43.9 Å². The van der Waals surface area contributed by atoms with Gasteiger partial charge in [-0.25, -0.2) is 0 Å². The van der Waals surface area contributed by atoms with Gasteiger partial charge in [0.1, 0.15) is 6.61 Å². The first kappa shape index (κ1) is 15.9. The Hall–Kier alpha value is -1.46. The molecule has 1 fully saturated rings. The van der Waals surface area contributed by atoms with E-state index in [-0.39, 0.29) is 37.0 Å². The van der Waals surface area contributed by atoms with E-state index in [4.69, 9.17) is 15.2 Å². The highest BCUT2D eigenvalue weighted by atomic mass is 35.5. The van der Waals surface area contributed by atoms with E-state index < -0.39 is 6.10 Å². The molecule has 1 aliphatic heterocycles. The number of carbonyl (C=O) groups excluding carboxylic acids is 1. The molecule has 3 rings (SSSR count). The quantitative estimate of drug-likeness (QED) is 0.870. The Balaban J connectivity index is 0.00000161. The van der Waals surface area contributed by atoms with Crippen LogP contribution in [0, 0.1) is 0 Å². The summed E-state index contributed by atoms with van der Waals surface area (Å²) in [5, 5.41) is 3.00. The third-order valence-corrected chi connectivity index (χ3v) is 3.95. The number of rotatable bonds is 2. The van der Waals surface area contributed by atoms with Gasteiger partial charge < -0.3 is 20.5 Å². The van der Waals surface area contributed by atoms with Crippen LogP contribution in [-0.4, -0.2) is 30.7 Å². The number of fused-ring (bicyclic) bond motifs is 1. The first-order valence-corrected chi connectivity index (χ1v) is 7.18. The van der Waals surface area contributed by atoms with Crippen LogP contribution in [0.4, 0.5) is 0 Å². The average Bonchev–Trinajstić information content (AvgIpc) is 2.49. The van der Waals surface area contributed by atoms with Gasteiger partial charge in [-0.05, 0) is 25.0 Å². The van der Waals surface area contributed by atoms with E-state index in [1.807, 2.05) is 18.2 Å². The summed E-state index contributed by atoms with van der Waals surface area (Å²) in [5.74, 6) is 1.17. The first-order valence-electron chi connectivity index (χ1n) is 7.18. The highest BCUT2D eigenvalue weighted by Gasteiger charge is 2.31. The van der Waals surface area contributed by atoms with Crippen molar-refractivity contribution in [1.82, 2.24) is 5.32 Å². The highest BCUT2D eigenvalue weighted by Crippen LogP contribution is 2.31. The molecule has 1 saturated carbocycles. The molecule has 6 heteroatoms. The van der Waals surface area contributed by atoms with Crippen LogP contribution >= 0.6 is 12.4 Å². The molecule has 116 valence electrons. The summed E-state index contributed by atoms with van der Waals surface area (Å²) in [7, 11) is 0. The van der Waals surface area contributed by atoms with Gasteiger partial charge in [-0.1, -0.05) is 25.0 Å². The maximum Gasteiger partial charge on any atom is 0.264 e. The second-order valence-corrected chi connectivity index (χ2v) is 5.43. The number of amides is 1. The number of benzene rings is 1. The van der Waals surface area contributed by atoms with Crippen LogP contribution in [0.5, 0.6) is 11.5 Å². The molecular weight excluding hydrogens is 292 g/mol. The van der Waals surface area contributed by atoms with E-state index in [1.165, 1.54) is 0 Å². The van der Waals surface area contributed by atoms with E-state index >= 15 is 0 Å². The van der Waals surface area contributed by atoms with Crippen molar-refractivity contribution in [2.75, 3.05) is 6.61 Å². The number of hydrogen-bond donors (Lipinski definition) is 2. The maximum absolute atomic E-state index is 12.3. The smallest absolute Gasteiger partial charge is 0.264 e. The molecule has 1 aromatic carbocycles. The van der Waals surface area contributed by atoms with Gasteiger partial charge in [0.05, 0.1) is 0 Å². The van der Waals surface area contributed by atoms with E-state index in [1.54, 1.807) is 6.07 Å². The summed E-state index contributed by atoms with van der Waals surface area (Å²) in [6.07, 6.45) is 3.57. The Morgan fingerprint density at radius 3 is 2.67 bits per heavy atom. The number of carbonyl (C=O) groups is 1. The van der Waals surface area contributed by atoms with Crippen LogP contribution in [-0.2, 0) is 4.79 Å². The molecule has 0 spiro atoms. The minimum Gasteiger partial charge on any atom is -0.485 e. The molecule has 3 atom stereocenters. The van der Waals surface area contributed by atoms with Gasteiger partial charge in [-0.2, -0.15) is 0 Å². The summed E-state index contributed by atoms with van der Waals surface area (Å²) >= 11 is 0. The Kier molecular flexibility index (Phi) is 5.31. The first-order chi connectivity index (χ1) is 9.74. The second-order valence-electron chi connectivity index (χ2n) is 5.43. The molecular formula is C15H21ClN2O3. The summed E-state index contributed by atoms with van der Waals surface area (Å²) in [4.78, 5) is 12.3. The zero-order valence-corrected chi connectivity index (χ0v) is 12.6. The van der Waals surface area contributed by atoms with E-state index in [2.05, 4.69) is 5.32 Å². The van der Waals surface area contributed by atoms with Gasteiger partial charge >= 0.3 is 0 Å². The third-order valence-electron chi connectivity index (χ3n) is 3.95. The van der Waals surface area contributed by atoms with Gasteiger partial charge in [0, 0.05) is 12.1 Å². The summed E-state index contributed by atoms with van der Waals surface area (Å²) in [6.45, 7) is 0.241. The number of hydrogen-bond acceptors (Lipinski definition) is 4. The van der Waals surface area contributed by atoms with Crippen molar-refractivity contribution in [3.63, 3.8) is 0 Å². The largest absolute Gasteiger partial charge is 0.485 e. The van der Waals surface area contributed by atoms with Crippen molar-refractivity contribution in [3.8, 4) is 11.5 Å². The Morgan fingerprint density at radius 2 is 1.90 bits per heavy atom. The molecule has 5 nitrogen and oxygen atoms in total. The van der Waals surface area contributed by atoms with Crippen LogP contribution in [0.15, 0.2) is 24.3 Å². The molecule has 3 N–H and O–H groups in total. The van der Waals surface area contributed by atoms with E-state index in [0.717, 1.165) is 25.7 Å².